The summed E-state index contributed by atoms with van der Waals surface area (Å²) in [5, 5.41) is 3.57. The Morgan fingerprint density at radius 3 is 2.53 bits per heavy atom. The maximum atomic E-state index is 5.40. The van der Waals surface area contributed by atoms with Gasteiger partial charge in [0.25, 0.3) is 0 Å². The molecule has 1 aliphatic heterocycles. The van der Waals surface area contributed by atoms with E-state index in [1.165, 1.54) is 38.6 Å². The van der Waals surface area contributed by atoms with Crippen LogP contribution in [0.4, 0.5) is 0 Å². The number of hydrogen-bond donors (Lipinski definition) is 1. The smallest absolute Gasteiger partial charge is 0.0711 e. The Kier molecular flexibility index (Phi) is 4.83. The first kappa shape index (κ1) is 13.3. The monoisotopic (exact) mass is 240 g/mol. The summed E-state index contributed by atoms with van der Waals surface area (Å²) in [6, 6.07) is 1.44. The molecule has 1 saturated carbocycles. The first-order valence-corrected chi connectivity index (χ1v) is 7.15. The van der Waals surface area contributed by atoms with E-state index in [-0.39, 0.29) is 0 Å². The van der Waals surface area contributed by atoms with Gasteiger partial charge in [0, 0.05) is 32.3 Å². The summed E-state index contributed by atoms with van der Waals surface area (Å²) in [7, 11) is 4.11. The Labute approximate surface area is 106 Å². The lowest BCUT2D eigenvalue weighted by atomic mass is 9.86. The molecule has 1 saturated heterocycles. The number of nitrogens with one attached hydrogen (secondary N) is 1. The standard InChI is InChI=1S/C14H28N2O/c1-11-4-6-13(7-5-11)16(2)10-12-8-14(17-3)9-15-12/h11-15H,4-10H2,1-3H3. The van der Waals surface area contributed by atoms with Crippen LogP contribution in [0.1, 0.15) is 39.0 Å². The van der Waals surface area contributed by atoms with Gasteiger partial charge in [-0.25, -0.2) is 0 Å². The number of rotatable bonds is 4. The van der Waals surface area contributed by atoms with Crippen LogP contribution in [-0.2, 0) is 4.74 Å². The zero-order valence-corrected chi connectivity index (χ0v) is 11.6. The number of ether oxygens (including phenoxy) is 1. The van der Waals surface area contributed by atoms with Gasteiger partial charge in [0.05, 0.1) is 6.10 Å². The predicted octanol–water partition coefficient (Wildman–Crippen LogP) is 1.87. The fourth-order valence-electron chi connectivity index (χ4n) is 3.28. The van der Waals surface area contributed by atoms with E-state index in [1.54, 1.807) is 0 Å². The van der Waals surface area contributed by atoms with Crippen LogP contribution >= 0.6 is 0 Å². The molecule has 1 aliphatic carbocycles. The van der Waals surface area contributed by atoms with E-state index < -0.39 is 0 Å². The Hall–Kier alpha value is -0.120. The molecular weight excluding hydrogens is 212 g/mol. The molecular formula is C14H28N2O. The molecule has 3 nitrogen and oxygen atoms in total. The van der Waals surface area contributed by atoms with Crippen molar-refractivity contribution in [3.8, 4) is 0 Å². The van der Waals surface area contributed by atoms with Crippen molar-refractivity contribution < 1.29 is 4.74 Å². The molecule has 1 heterocycles. The maximum absolute atomic E-state index is 5.40. The second-order valence-corrected chi connectivity index (χ2v) is 6.05. The molecule has 0 aromatic rings. The van der Waals surface area contributed by atoms with Crippen molar-refractivity contribution in [1.82, 2.24) is 10.2 Å². The molecule has 0 aromatic heterocycles. The SMILES string of the molecule is COC1CNC(CN(C)C2CCC(C)CC2)C1. The normalized spacial score (nSPS) is 38.8. The van der Waals surface area contributed by atoms with Crippen LogP contribution in [-0.4, -0.2) is 50.3 Å². The molecule has 17 heavy (non-hydrogen) atoms. The number of methoxy groups -OCH3 is 1. The molecule has 100 valence electrons. The summed E-state index contributed by atoms with van der Waals surface area (Å²) in [4.78, 5) is 2.57. The van der Waals surface area contributed by atoms with Crippen LogP contribution in [0.25, 0.3) is 0 Å². The van der Waals surface area contributed by atoms with Gasteiger partial charge in [-0.2, -0.15) is 0 Å². The molecule has 2 fully saturated rings. The largest absolute Gasteiger partial charge is 0.380 e. The molecule has 2 rings (SSSR count). The Balaban J connectivity index is 1.72. The molecule has 1 N–H and O–H groups in total. The van der Waals surface area contributed by atoms with Crippen molar-refractivity contribution in [2.45, 2.75) is 57.2 Å². The minimum atomic E-state index is 0.430. The number of likely N-dealkylation sites (N-methyl/N-ethyl adjacent to an activating group) is 1. The van der Waals surface area contributed by atoms with Gasteiger partial charge in [-0.3, -0.25) is 0 Å². The summed E-state index contributed by atoms with van der Waals surface area (Å²) in [5.74, 6) is 0.946. The van der Waals surface area contributed by atoms with Crippen molar-refractivity contribution in [3.05, 3.63) is 0 Å². The van der Waals surface area contributed by atoms with E-state index >= 15 is 0 Å². The molecule has 0 aromatic carbocycles. The van der Waals surface area contributed by atoms with Crippen LogP contribution < -0.4 is 5.32 Å². The van der Waals surface area contributed by atoms with Crippen molar-refractivity contribution in [3.63, 3.8) is 0 Å². The van der Waals surface area contributed by atoms with Crippen LogP contribution in [0, 0.1) is 5.92 Å². The first-order chi connectivity index (χ1) is 8.19. The third-order valence-electron chi connectivity index (χ3n) is 4.63. The Morgan fingerprint density at radius 2 is 1.94 bits per heavy atom. The summed E-state index contributed by atoms with van der Waals surface area (Å²) >= 11 is 0. The molecule has 0 amide bonds. The first-order valence-electron chi connectivity index (χ1n) is 7.15. The third-order valence-corrected chi connectivity index (χ3v) is 4.63. The third kappa shape index (κ3) is 3.67. The van der Waals surface area contributed by atoms with Gasteiger partial charge in [0.2, 0.25) is 0 Å². The molecule has 2 atom stereocenters. The second-order valence-electron chi connectivity index (χ2n) is 6.05. The number of hydrogen-bond acceptors (Lipinski definition) is 3. The zero-order chi connectivity index (χ0) is 12.3. The van der Waals surface area contributed by atoms with E-state index in [2.05, 4.69) is 24.2 Å². The van der Waals surface area contributed by atoms with Crippen molar-refractivity contribution in [1.29, 1.82) is 0 Å². The van der Waals surface area contributed by atoms with Gasteiger partial charge in [-0.1, -0.05) is 6.92 Å². The quantitative estimate of drug-likeness (QED) is 0.812. The predicted molar refractivity (Wildman–Crippen MR) is 71.3 cm³/mol. The van der Waals surface area contributed by atoms with Crippen molar-refractivity contribution in [2.24, 2.45) is 5.92 Å². The summed E-state index contributed by atoms with van der Waals surface area (Å²) in [5.41, 5.74) is 0. The van der Waals surface area contributed by atoms with Crippen LogP contribution in [0.15, 0.2) is 0 Å². The summed E-state index contributed by atoms with van der Waals surface area (Å²) < 4.78 is 5.40. The molecule has 0 spiro atoms. The fraction of sp³-hybridized carbons (Fsp3) is 1.00. The van der Waals surface area contributed by atoms with Gasteiger partial charge in [0.15, 0.2) is 0 Å². The van der Waals surface area contributed by atoms with Gasteiger partial charge >= 0.3 is 0 Å². The number of nitrogens with zero attached hydrogens (tertiary/aromatic N) is 1. The van der Waals surface area contributed by atoms with E-state index in [0.29, 0.717) is 12.1 Å². The summed E-state index contributed by atoms with van der Waals surface area (Å²) in [6.45, 7) is 4.59. The van der Waals surface area contributed by atoms with Gasteiger partial charge in [-0.15, -0.1) is 0 Å². The van der Waals surface area contributed by atoms with Gasteiger partial charge < -0.3 is 15.0 Å². The fourth-order valence-corrected chi connectivity index (χ4v) is 3.28. The van der Waals surface area contributed by atoms with Gasteiger partial charge in [0.1, 0.15) is 0 Å². The molecule has 0 radical (unpaired) electrons. The van der Waals surface area contributed by atoms with E-state index in [1.807, 2.05) is 7.11 Å². The average molecular weight is 240 g/mol. The highest BCUT2D eigenvalue weighted by Crippen LogP contribution is 2.26. The topological polar surface area (TPSA) is 24.5 Å². The van der Waals surface area contributed by atoms with E-state index in [0.717, 1.165) is 18.5 Å². The van der Waals surface area contributed by atoms with E-state index in [9.17, 15) is 0 Å². The molecule has 3 heteroatoms. The minimum Gasteiger partial charge on any atom is -0.380 e. The highest BCUT2D eigenvalue weighted by Gasteiger charge is 2.28. The Morgan fingerprint density at radius 1 is 1.24 bits per heavy atom. The van der Waals surface area contributed by atoms with Crippen molar-refractivity contribution >= 4 is 0 Å². The Bertz CT molecular complexity index is 226. The van der Waals surface area contributed by atoms with E-state index in [4.69, 9.17) is 4.74 Å². The van der Waals surface area contributed by atoms with Gasteiger partial charge in [-0.05, 0) is 45.1 Å². The lowest BCUT2D eigenvalue weighted by Crippen LogP contribution is -2.42. The molecule has 2 aliphatic rings. The van der Waals surface area contributed by atoms with Crippen LogP contribution in [0.2, 0.25) is 0 Å². The van der Waals surface area contributed by atoms with Crippen LogP contribution in [0.5, 0.6) is 0 Å². The van der Waals surface area contributed by atoms with Crippen LogP contribution in [0.3, 0.4) is 0 Å². The zero-order valence-electron chi connectivity index (χ0n) is 11.6. The maximum Gasteiger partial charge on any atom is 0.0711 e. The second kappa shape index (κ2) is 6.17. The van der Waals surface area contributed by atoms with Crippen molar-refractivity contribution in [2.75, 3.05) is 27.2 Å². The highest BCUT2D eigenvalue weighted by atomic mass is 16.5. The molecule has 2 unspecified atom stereocenters. The minimum absolute atomic E-state index is 0.430. The summed E-state index contributed by atoms with van der Waals surface area (Å²) in [6.07, 6.45) is 7.20. The average Bonchev–Trinajstić information content (AvgIpc) is 2.77. The highest BCUT2D eigenvalue weighted by molar-refractivity contribution is 4.86. The lowest BCUT2D eigenvalue weighted by Gasteiger charge is -2.35. The lowest BCUT2D eigenvalue weighted by molar-refractivity contribution is 0.113. The molecule has 0 bridgehead atoms.